The van der Waals surface area contributed by atoms with Crippen LogP contribution in [-0.2, 0) is 32.5 Å². The van der Waals surface area contributed by atoms with Crippen molar-refractivity contribution in [1.82, 2.24) is 50.1 Å². The van der Waals surface area contributed by atoms with Crippen molar-refractivity contribution in [3.63, 3.8) is 0 Å². The van der Waals surface area contributed by atoms with Gasteiger partial charge in [-0.05, 0) is 255 Å². The Morgan fingerprint density at radius 3 is 0.808 bits per heavy atom. The Hall–Kier alpha value is -2.53. The lowest BCUT2D eigenvalue weighted by atomic mass is 9.73. The average molecular weight is 1680 g/mol. The highest BCUT2D eigenvalue weighted by molar-refractivity contribution is 5.21. The molecule has 6 unspecified atom stereocenters. The van der Waals surface area contributed by atoms with Gasteiger partial charge in [0.25, 0.3) is 0 Å². The van der Waals surface area contributed by atoms with Crippen LogP contribution in [0.5, 0.6) is 0 Å². The van der Waals surface area contributed by atoms with E-state index in [0.717, 1.165) is 148 Å². The van der Waals surface area contributed by atoms with Crippen molar-refractivity contribution >= 4 is 0 Å². The van der Waals surface area contributed by atoms with Crippen LogP contribution in [0.2, 0.25) is 0 Å². The first-order valence-electron chi connectivity index (χ1n) is 50.6. The van der Waals surface area contributed by atoms with E-state index in [-0.39, 0.29) is 32.5 Å². The zero-order valence-electron chi connectivity index (χ0n) is 90.7. The second kappa shape index (κ2) is 53.4. The molecule has 6 atom stereocenters. The van der Waals surface area contributed by atoms with Crippen molar-refractivity contribution in [1.29, 1.82) is 0 Å². The summed E-state index contributed by atoms with van der Waals surface area (Å²) in [5.74, 6) is 19.3. The van der Waals surface area contributed by atoms with Crippen LogP contribution < -0.4 is 5.32 Å². The Morgan fingerprint density at radius 1 is 0.308 bits per heavy atom. The number of nitrogens with one attached hydrogen (secondary N) is 4. The highest BCUT2D eigenvalue weighted by atomic mass is 15.3. The zero-order chi connectivity index (χ0) is 93.5. The molecule has 10 heteroatoms. The number of rotatable bonds is 11. The van der Waals surface area contributed by atoms with Gasteiger partial charge >= 0.3 is 0 Å². The van der Waals surface area contributed by atoms with Crippen molar-refractivity contribution in [3.8, 4) is 0 Å². The summed E-state index contributed by atoms with van der Waals surface area (Å²) in [7, 11) is 0. The van der Waals surface area contributed by atoms with Crippen LogP contribution >= 0.6 is 0 Å². The SMILES string of the molecule is CC(C)(C)c1cc(C(C)(C)C)[nH]n1.CC(C)(C)c1cnc(C(C)(C)C)[nH]1.CC(C)(C)c1cnc(C(C)(C)C)[nH]1.CC(C)C.CC(C)C1CC1C(C)C.CC(C)C1CCC(C(C)(C)C)C1.CC(C)C1CCC(C(C)C)CC1.CC(C)C1CCCC1.CC(C)C1CCN(C(C)C)CC1.CC(C)C1CNC(C(C)(C)C)C1.CC(C)N1CCN(C(C)C)CC1. The number of aromatic nitrogens is 6. The first kappa shape index (κ1) is 117. The van der Waals surface area contributed by atoms with Gasteiger partial charge < -0.3 is 20.2 Å². The summed E-state index contributed by atoms with van der Waals surface area (Å²) in [5, 5.41) is 11.1. The van der Waals surface area contributed by atoms with Crippen molar-refractivity contribution in [2.45, 2.75) is 492 Å². The van der Waals surface area contributed by atoms with Gasteiger partial charge in [0.1, 0.15) is 11.6 Å². The van der Waals surface area contributed by atoms with Crippen LogP contribution in [-0.4, -0.2) is 115 Å². The largest absolute Gasteiger partial charge is 0.345 e. The molecule has 4 aliphatic carbocycles. The summed E-state index contributed by atoms with van der Waals surface area (Å²) in [4.78, 5) is 23.3. The Bertz CT molecular complexity index is 2590. The lowest BCUT2D eigenvalue weighted by molar-refractivity contribution is 0.0887. The standard InChI is InChI=1S/2C12H24.3C11H20N2.2C11H23N.C10H22N2.C9H18.C8H16.C4H10/c1-9(2)10-6-7-11(8-10)12(3,4)5;1-9(2)11-5-7-12(8-6-11)10(3)4;2*1-10(2,3)8-7-12-9(13-8)11(4,5)6;1-10(2,3)8-7-9(13-12-8)11(4,5)6;1-8(2)9-6-10(12-7-9)11(3,4)5;2*1-9(2)11-5-7-12(8-6-11)10(3)4;1-6(2)8-5-9(8)7(3)4;1-7(2)8-5-3-4-6-8;1-4(2)3/h9-11H,6-8H2,1-5H3;9-12H,5-8H2,1-4H3;3*7H,1-6H3,(H,12,13);8-10,12H,6-7H2,1-5H3;9-11H,5-8H2,1-4H3;9-10H,5-8H2,1-4H3;6-9H,5H2,1-4H3;7-8H,3-6H2,1-2H3;4H,1-3H3. The number of piperidine rings is 1. The molecule has 0 spiro atoms. The molecule has 10 rings (SSSR count). The molecule has 3 saturated heterocycles. The van der Waals surface area contributed by atoms with Gasteiger partial charge in [-0.1, -0.05) is 323 Å². The molecule has 4 saturated carbocycles. The van der Waals surface area contributed by atoms with Gasteiger partial charge in [-0.2, -0.15) is 5.10 Å². The number of aromatic amines is 3. The number of H-pyrrole nitrogens is 3. The fourth-order valence-electron chi connectivity index (χ4n) is 17.3. The molecular weight excluding hydrogens is 1460 g/mol. The van der Waals surface area contributed by atoms with Gasteiger partial charge in [-0.3, -0.25) is 14.9 Å². The zero-order valence-corrected chi connectivity index (χ0v) is 90.7. The van der Waals surface area contributed by atoms with E-state index in [9.17, 15) is 0 Å². The van der Waals surface area contributed by atoms with Gasteiger partial charge in [0, 0.05) is 112 Å². The molecule has 7 fully saturated rings. The Balaban J connectivity index is 0.00000131. The summed E-state index contributed by atoms with van der Waals surface area (Å²) in [6.07, 6.45) is 25.9. The fourth-order valence-corrected chi connectivity index (χ4v) is 17.3. The van der Waals surface area contributed by atoms with E-state index >= 15 is 0 Å². The molecule has 4 N–H and O–H groups in total. The minimum absolute atomic E-state index is 0.115. The maximum Gasteiger partial charge on any atom is 0.111 e. The van der Waals surface area contributed by atoms with E-state index in [1.165, 1.54) is 159 Å². The van der Waals surface area contributed by atoms with Crippen LogP contribution in [0.4, 0.5) is 0 Å². The van der Waals surface area contributed by atoms with Crippen molar-refractivity contribution < 1.29 is 0 Å². The molecular formula is C110H220N10. The Morgan fingerprint density at radius 2 is 0.617 bits per heavy atom. The van der Waals surface area contributed by atoms with Gasteiger partial charge in [0.2, 0.25) is 0 Å². The monoisotopic (exact) mass is 1680 g/mol. The first-order valence-corrected chi connectivity index (χ1v) is 50.6. The first-order chi connectivity index (χ1) is 54.4. The number of hydrogen-bond donors (Lipinski definition) is 4. The number of nitrogens with zero attached hydrogens (tertiary/aromatic N) is 6. The molecule has 0 amide bonds. The topological polar surface area (TPSA) is 108 Å². The van der Waals surface area contributed by atoms with Gasteiger partial charge in [0.05, 0.1) is 5.69 Å². The maximum atomic E-state index is 4.40. The highest BCUT2D eigenvalue weighted by Crippen LogP contribution is 2.49. The minimum atomic E-state index is 0.115. The predicted molar refractivity (Wildman–Crippen MR) is 539 cm³/mol. The number of hydrogen-bond acceptors (Lipinski definition) is 7. The van der Waals surface area contributed by atoms with Gasteiger partial charge in [-0.25, -0.2) is 9.97 Å². The summed E-state index contributed by atoms with van der Waals surface area (Å²) < 4.78 is 0. The second-order valence-corrected chi connectivity index (χ2v) is 51.6. The number of piperazine rings is 1. The molecule has 0 aromatic carbocycles. The average Bonchev–Trinajstić information content (AvgIpc) is 1.24. The molecule has 0 radical (unpaired) electrons. The summed E-state index contributed by atoms with van der Waals surface area (Å²) >= 11 is 0. The molecule has 7 aliphatic rings. The van der Waals surface area contributed by atoms with Crippen LogP contribution in [0.3, 0.4) is 0 Å². The molecule has 6 heterocycles. The Labute approximate surface area is 754 Å². The van der Waals surface area contributed by atoms with Crippen LogP contribution in [0.15, 0.2) is 18.5 Å². The lowest BCUT2D eigenvalue weighted by Gasteiger charge is -2.38. The molecule has 3 aromatic rings. The van der Waals surface area contributed by atoms with Crippen LogP contribution in [0, 0.1) is 117 Å². The maximum absolute atomic E-state index is 4.40. The third-order valence-electron chi connectivity index (χ3n) is 27.8. The van der Waals surface area contributed by atoms with E-state index in [1.807, 2.05) is 12.4 Å². The van der Waals surface area contributed by atoms with Gasteiger partial charge in [-0.15, -0.1) is 0 Å². The molecule has 0 bridgehead atoms. The quantitative estimate of drug-likeness (QED) is 0.151. The summed E-state index contributed by atoms with van der Waals surface area (Å²) in [5.41, 5.74) is 6.59. The summed E-state index contributed by atoms with van der Waals surface area (Å²) in [6, 6.07) is 5.08. The summed E-state index contributed by atoms with van der Waals surface area (Å²) in [6.45, 7) is 120. The second-order valence-electron chi connectivity index (χ2n) is 51.6. The lowest BCUT2D eigenvalue weighted by Crippen LogP contribution is -2.50. The van der Waals surface area contributed by atoms with E-state index in [2.05, 4.69) is 395 Å². The molecule has 710 valence electrons. The Kier molecular flexibility index (Phi) is 52.3. The minimum Gasteiger partial charge on any atom is -0.345 e. The van der Waals surface area contributed by atoms with E-state index in [4.69, 9.17) is 0 Å². The molecule has 10 nitrogen and oxygen atoms in total. The molecule has 120 heavy (non-hydrogen) atoms. The normalized spacial score (nSPS) is 22.7. The van der Waals surface area contributed by atoms with E-state index in [1.54, 1.807) is 0 Å². The number of likely N-dealkylation sites (tertiary alicyclic amines) is 1. The van der Waals surface area contributed by atoms with Crippen molar-refractivity contribution in [2.24, 2.45) is 117 Å². The third-order valence-corrected chi connectivity index (χ3v) is 27.8. The molecule has 3 aromatic heterocycles. The van der Waals surface area contributed by atoms with Crippen molar-refractivity contribution in [3.05, 3.63) is 52.9 Å². The van der Waals surface area contributed by atoms with Crippen LogP contribution in [0.25, 0.3) is 0 Å². The molecule has 3 aliphatic heterocycles. The smallest absolute Gasteiger partial charge is 0.111 e. The van der Waals surface area contributed by atoms with Crippen LogP contribution in [0.1, 0.15) is 470 Å². The van der Waals surface area contributed by atoms with E-state index in [0.29, 0.717) is 10.8 Å². The third kappa shape index (κ3) is 48.0. The van der Waals surface area contributed by atoms with Crippen molar-refractivity contribution in [2.75, 3.05) is 45.8 Å². The van der Waals surface area contributed by atoms with Gasteiger partial charge in [0.15, 0.2) is 0 Å². The predicted octanol–water partition coefficient (Wildman–Crippen LogP) is 31.5. The fraction of sp³-hybridized carbons (Fsp3) is 0.918. The number of imidazole rings is 2. The highest BCUT2D eigenvalue weighted by Gasteiger charge is 2.41. The van der Waals surface area contributed by atoms with E-state index < -0.39 is 0 Å².